The molecule has 0 unspecified atom stereocenters. The lowest BCUT2D eigenvalue weighted by Gasteiger charge is -2.37. The van der Waals surface area contributed by atoms with Crippen LogP contribution in [-0.4, -0.2) is 29.6 Å². The van der Waals surface area contributed by atoms with Gasteiger partial charge < -0.3 is 15.0 Å². The second kappa shape index (κ2) is 6.87. The maximum Gasteiger partial charge on any atom is 0.337 e. The first-order valence-corrected chi connectivity index (χ1v) is 7.24. The molecular formula is C16H16F2N2O2S. The molecule has 1 aliphatic heterocycles. The van der Waals surface area contributed by atoms with E-state index < -0.39 is 23.6 Å². The number of rotatable bonds is 4. The summed E-state index contributed by atoms with van der Waals surface area (Å²) in [6, 6.07) is 2.73. The molecule has 1 aromatic carbocycles. The van der Waals surface area contributed by atoms with Crippen molar-refractivity contribution in [3.8, 4) is 0 Å². The zero-order chi connectivity index (χ0) is 17.1. The van der Waals surface area contributed by atoms with E-state index in [2.05, 4.69) is 11.9 Å². The predicted molar refractivity (Wildman–Crippen MR) is 86.5 cm³/mol. The van der Waals surface area contributed by atoms with Crippen molar-refractivity contribution >= 4 is 23.3 Å². The quantitative estimate of drug-likeness (QED) is 0.519. The Bertz CT molecular complexity index is 703. The molecule has 0 aliphatic carbocycles. The van der Waals surface area contributed by atoms with Crippen LogP contribution in [0, 0.1) is 11.6 Å². The minimum Gasteiger partial charge on any atom is -0.466 e. The molecule has 0 spiro atoms. The Kier molecular flexibility index (Phi) is 5.10. The van der Waals surface area contributed by atoms with E-state index in [-0.39, 0.29) is 5.57 Å². The maximum absolute atomic E-state index is 13.5. The van der Waals surface area contributed by atoms with E-state index >= 15 is 0 Å². The van der Waals surface area contributed by atoms with E-state index in [1.54, 1.807) is 17.9 Å². The molecule has 23 heavy (non-hydrogen) atoms. The van der Waals surface area contributed by atoms with Crippen LogP contribution < -0.4 is 5.32 Å². The van der Waals surface area contributed by atoms with Crippen molar-refractivity contribution in [1.29, 1.82) is 0 Å². The van der Waals surface area contributed by atoms with Gasteiger partial charge >= 0.3 is 5.97 Å². The zero-order valence-corrected chi connectivity index (χ0v) is 13.5. The molecule has 0 radical (unpaired) electrons. The molecule has 1 heterocycles. The number of ether oxygens (including phenoxy) is 1. The Morgan fingerprint density at radius 3 is 2.74 bits per heavy atom. The number of thiocarbonyl (C=S) groups is 1. The molecule has 0 amide bonds. The van der Waals surface area contributed by atoms with Crippen molar-refractivity contribution in [2.45, 2.75) is 13.0 Å². The first kappa shape index (κ1) is 17.1. The molecule has 1 N–H and O–H groups in total. The first-order valence-electron chi connectivity index (χ1n) is 6.83. The van der Waals surface area contributed by atoms with Crippen LogP contribution in [0.3, 0.4) is 0 Å². The van der Waals surface area contributed by atoms with Gasteiger partial charge in [0.05, 0.1) is 18.7 Å². The van der Waals surface area contributed by atoms with Crippen LogP contribution in [0.4, 0.5) is 8.78 Å². The lowest BCUT2D eigenvalue weighted by atomic mass is 9.95. The molecule has 0 saturated heterocycles. The first-order chi connectivity index (χ1) is 10.9. The van der Waals surface area contributed by atoms with Gasteiger partial charge in [-0.25, -0.2) is 13.6 Å². The predicted octanol–water partition coefficient (Wildman–Crippen LogP) is 2.83. The molecule has 1 aliphatic rings. The number of allylic oxidation sites excluding steroid dienone is 1. The minimum atomic E-state index is -0.995. The zero-order valence-electron chi connectivity index (χ0n) is 12.7. The number of benzene rings is 1. The van der Waals surface area contributed by atoms with Crippen LogP contribution in [0.15, 0.2) is 42.1 Å². The number of nitrogens with zero attached hydrogens (tertiary/aromatic N) is 1. The van der Waals surface area contributed by atoms with Gasteiger partial charge in [0, 0.05) is 12.2 Å². The molecule has 7 heteroatoms. The second-order valence-corrected chi connectivity index (χ2v) is 5.33. The van der Waals surface area contributed by atoms with Gasteiger partial charge in [-0.3, -0.25) is 0 Å². The molecule has 1 atom stereocenters. The monoisotopic (exact) mass is 338 g/mol. The third-order valence-electron chi connectivity index (χ3n) is 3.59. The Hall–Kier alpha value is -2.28. The molecule has 2 rings (SSSR count). The summed E-state index contributed by atoms with van der Waals surface area (Å²) < 4.78 is 31.5. The second-order valence-electron chi connectivity index (χ2n) is 4.95. The summed E-state index contributed by atoms with van der Waals surface area (Å²) in [4.78, 5) is 13.9. The summed E-state index contributed by atoms with van der Waals surface area (Å²) in [5.41, 5.74) is 1.24. The number of hydrogen-bond acceptors (Lipinski definition) is 3. The van der Waals surface area contributed by atoms with Gasteiger partial charge in [0.25, 0.3) is 0 Å². The van der Waals surface area contributed by atoms with Gasteiger partial charge in [0.1, 0.15) is 0 Å². The smallest absolute Gasteiger partial charge is 0.337 e. The number of methoxy groups -OCH3 is 1. The largest absolute Gasteiger partial charge is 0.466 e. The number of carbonyl (C=O) groups excluding carboxylic acids is 1. The average Bonchev–Trinajstić information content (AvgIpc) is 2.53. The molecule has 122 valence electrons. The molecular weight excluding hydrogens is 322 g/mol. The molecule has 0 fully saturated rings. The maximum atomic E-state index is 13.5. The van der Waals surface area contributed by atoms with Crippen LogP contribution in [0.25, 0.3) is 0 Å². The Morgan fingerprint density at radius 1 is 1.48 bits per heavy atom. The number of halogens is 2. The van der Waals surface area contributed by atoms with Gasteiger partial charge in [-0.2, -0.15) is 0 Å². The summed E-state index contributed by atoms with van der Waals surface area (Å²) in [5.74, 6) is -2.52. The highest BCUT2D eigenvalue weighted by molar-refractivity contribution is 7.80. The number of carbonyl (C=O) groups is 1. The van der Waals surface area contributed by atoms with Gasteiger partial charge in [-0.15, -0.1) is 6.58 Å². The van der Waals surface area contributed by atoms with Crippen molar-refractivity contribution in [1.82, 2.24) is 10.2 Å². The van der Waals surface area contributed by atoms with Crippen molar-refractivity contribution in [2.24, 2.45) is 0 Å². The Morgan fingerprint density at radius 2 is 2.17 bits per heavy atom. The summed E-state index contributed by atoms with van der Waals surface area (Å²) in [6.45, 7) is 5.78. The number of esters is 1. The van der Waals surface area contributed by atoms with Crippen LogP contribution in [0.1, 0.15) is 18.5 Å². The SMILES string of the molecule is C=CCN1C(=S)N[C@H](c2ccc(F)c(F)c2)C(C(=O)OC)=C1C. The standard InChI is InChI=1S/C16H16F2N2O2S/c1-4-7-20-9(2)13(15(21)22-3)14(19-16(20)23)10-5-6-11(17)12(18)8-10/h4-6,8,14H,1,7H2,2-3H3,(H,19,23)/t14-/m1/s1. The van der Waals surface area contributed by atoms with E-state index in [1.165, 1.54) is 13.2 Å². The third-order valence-corrected chi connectivity index (χ3v) is 3.93. The fraction of sp³-hybridized carbons (Fsp3) is 0.250. The highest BCUT2D eigenvalue weighted by atomic mass is 32.1. The summed E-state index contributed by atoms with van der Waals surface area (Å²) >= 11 is 5.29. The van der Waals surface area contributed by atoms with E-state index in [0.29, 0.717) is 22.9 Å². The lowest BCUT2D eigenvalue weighted by Crippen LogP contribution is -2.47. The highest BCUT2D eigenvalue weighted by Gasteiger charge is 2.34. The summed E-state index contributed by atoms with van der Waals surface area (Å²) in [6.07, 6.45) is 1.64. The molecule has 0 bridgehead atoms. The van der Waals surface area contributed by atoms with Crippen molar-refractivity contribution in [2.75, 3.05) is 13.7 Å². The third kappa shape index (κ3) is 3.24. The van der Waals surface area contributed by atoms with Crippen LogP contribution >= 0.6 is 12.2 Å². The van der Waals surface area contributed by atoms with E-state index in [1.807, 2.05) is 0 Å². The fourth-order valence-corrected chi connectivity index (χ4v) is 2.78. The lowest BCUT2D eigenvalue weighted by molar-refractivity contribution is -0.136. The molecule has 1 aromatic rings. The van der Waals surface area contributed by atoms with Gasteiger partial charge in [0.15, 0.2) is 16.7 Å². The van der Waals surface area contributed by atoms with Crippen LogP contribution in [0.2, 0.25) is 0 Å². The summed E-state index contributed by atoms with van der Waals surface area (Å²) in [5, 5.41) is 3.34. The highest BCUT2D eigenvalue weighted by Crippen LogP contribution is 2.31. The minimum absolute atomic E-state index is 0.286. The van der Waals surface area contributed by atoms with Gasteiger partial charge in [-0.05, 0) is 36.8 Å². The van der Waals surface area contributed by atoms with E-state index in [0.717, 1.165) is 12.1 Å². The number of nitrogens with one attached hydrogen (secondary N) is 1. The van der Waals surface area contributed by atoms with E-state index in [4.69, 9.17) is 17.0 Å². The summed E-state index contributed by atoms with van der Waals surface area (Å²) in [7, 11) is 1.26. The molecule has 0 aromatic heterocycles. The van der Waals surface area contributed by atoms with Crippen molar-refractivity contribution in [3.63, 3.8) is 0 Å². The normalized spacial score (nSPS) is 17.8. The van der Waals surface area contributed by atoms with Crippen molar-refractivity contribution in [3.05, 3.63) is 59.3 Å². The van der Waals surface area contributed by atoms with E-state index in [9.17, 15) is 13.6 Å². The van der Waals surface area contributed by atoms with Gasteiger partial charge in [0.2, 0.25) is 0 Å². The topological polar surface area (TPSA) is 41.6 Å². The molecule has 4 nitrogen and oxygen atoms in total. The number of hydrogen-bond donors (Lipinski definition) is 1. The van der Waals surface area contributed by atoms with Crippen LogP contribution in [0.5, 0.6) is 0 Å². The Balaban J connectivity index is 2.56. The average molecular weight is 338 g/mol. The Labute approximate surface area is 138 Å². The van der Waals surface area contributed by atoms with Crippen molar-refractivity contribution < 1.29 is 18.3 Å². The van der Waals surface area contributed by atoms with Crippen LogP contribution in [-0.2, 0) is 9.53 Å². The fourth-order valence-electron chi connectivity index (χ4n) is 2.45. The molecule has 0 saturated carbocycles. The van der Waals surface area contributed by atoms with Gasteiger partial charge in [-0.1, -0.05) is 12.1 Å².